The molecular weight excluding hydrogens is 338 g/mol. The topological polar surface area (TPSA) is 52.7 Å². The lowest BCUT2D eigenvalue weighted by Gasteiger charge is -2.41. The molecule has 2 amide bonds. The highest BCUT2D eigenvalue weighted by molar-refractivity contribution is 5.94. The van der Waals surface area contributed by atoms with Crippen LogP contribution < -0.4 is 5.32 Å². The number of carbonyl (C=O) groups excluding carboxylic acids is 2. The molecule has 3 aliphatic rings. The number of piperazine rings is 1. The van der Waals surface area contributed by atoms with Gasteiger partial charge in [-0.1, -0.05) is 31.4 Å². The molecule has 4 rings (SSSR count). The Hall–Kier alpha value is -1.88. The third kappa shape index (κ3) is 4.18. The zero-order valence-electron chi connectivity index (χ0n) is 16.2. The van der Waals surface area contributed by atoms with Crippen molar-refractivity contribution in [1.82, 2.24) is 15.1 Å². The van der Waals surface area contributed by atoms with Gasteiger partial charge in [0.2, 0.25) is 5.91 Å². The molecule has 1 unspecified atom stereocenters. The summed E-state index contributed by atoms with van der Waals surface area (Å²) < 4.78 is 0. The van der Waals surface area contributed by atoms with Crippen molar-refractivity contribution in [3.8, 4) is 0 Å². The molecule has 2 saturated heterocycles. The molecule has 5 nitrogen and oxygen atoms in total. The molecule has 1 N–H and O–H groups in total. The lowest BCUT2D eigenvalue weighted by atomic mass is 9.84. The lowest BCUT2D eigenvalue weighted by Crippen LogP contribution is -2.57. The molecule has 1 aromatic rings. The summed E-state index contributed by atoms with van der Waals surface area (Å²) in [6.45, 7) is 3.47. The fraction of sp³-hybridized carbons (Fsp3) is 0.636. The first-order valence-corrected chi connectivity index (χ1v) is 10.6. The number of rotatable bonds is 3. The Morgan fingerprint density at radius 1 is 0.963 bits per heavy atom. The Labute approximate surface area is 162 Å². The van der Waals surface area contributed by atoms with Gasteiger partial charge in [-0.2, -0.15) is 0 Å². The smallest absolute Gasteiger partial charge is 0.253 e. The molecule has 1 atom stereocenters. The molecular formula is C22H31N3O2. The Balaban J connectivity index is 1.40. The van der Waals surface area contributed by atoms with Crippen LogP contribution in [0.15, 0.2) is 24.3 Å². The van der Waals surface area contributed by atoms with Crippen LogP contribution in [0.1, 0.15) is 66.8 Å². The maximum atomic E-state index is 13.0. The molecule has 1 aliphatic carbocycles. The summed E-state index contributed by atoms with van der Waals surface area (Å²) in [4.78, 5) is 29.1. The fourth-order valence-electron chi connectivity index (χ4n) is 4.92. The number of piperidine rings is 1. The largest absolute Gasteiger partial charge is 0.337 e. The maximum Gasteiger partial charge on any atom is 0.253 e. The van der Waals surface area contributed by atoms with Gasteiger partial charge >= 0.3 is 0 Å². The minimum absolute atomic E-state index is 0.109. The number of nitrogens with zero attached hydrogens (tertiary/aromatic N) is 2. The van der Waals surface area contributed by atoms with Crippen molar-refractivity contribution in [2.45, 2.75) is 56.9 Å². The molecule has 27 heavy (non-hydrogen) atoms. The van der Waals surface area contributed by atoms with Crippen molar-refractivity contribution >= 4 is 11.8 Å². The molecule has 0 bridgehead atoms. The van der Waals surface area contributed by atoms with Crippen molar-refractivity contribution in [2.75, 3.05) is 32.7 Å². The average Bonchev–Trinajstić information content (AvgIpc) is 2.74. The monoisotopic (exact) mass is 369 g/mol. The minimum atomic E-state index is 0.109. The average molecular weight is 370 g/mol. The molecule has 0 aromatic heterocycles. The second kappa shape index (κ2) is 8.42. The van der Waals surface area contributed by atoms with Crippen LogP contribution in [0.3, 0.4) is 0 Å². The molecule has 1 aromatic carbocycles. The van der Waals surface area contributed by atoms with Crippen LogP contribution in [-0.4, -0.2) is 60.4 Å². The highest BCUT2D eigenvalue weighted by Crippen LogP contribution is 2.32. The van der Waals surface area contributed by atoms with Crippen LogP contribution in [0.5, 0.6) is 0 Å². The second-order valence-corrected chi connectivity index (χ2v) is 8.27. The molecule has 3 fully saturated rings. The Kier molecular flexibility index (Phi) is 5.77. The molecule has 146 valence electrons. The molecule has 5 heteroatoms. The quantitative estimate of drug-likeness (QED) is 0.891. The number of carbonyl (C=O) groups is 2. The van der Waals surface area contributed by atoms with Crippen LogP contribution in [0, 0.1) is 0 Å². The van der Waals surface area contributed by atoms with E-state index in [1.807, 2.05) is 21.9 Å². The van der Waals surface area contributed by atoms with Crippen LogP contribution in [0.25, 0.3) is 0 Å². The van der Waals surface area contributed by atoms with Crippen molar-refractivity contribution in [2.24, 2.45) is 0 Å². The Bertz CT molecular complexity index is 667. The third-order valence-corrected chi connectivity index (χ3v) is 6.48. The standard InChI is InChI=1S/C22H31N3O2/c26-21-15-23-12-14-25(21)20-7-4-13-24(16-20)22(27)19-10-8-18(9-11-19)17-5-2-1-3-6-17/h8-11,17,20,23H,1-7,12-16H2. The second-order valence-electron chi connectivity index (χ2n) is 8.27. The van der Waals surface area contributed by atoms with E-state index in [9.17, 15) is 9.59 Å². The van der Waals surface area contributed by atoms with E-state index in [1.54, 1.807) is 0 Å². The maximum absolute atomic E-state index is 13.0. The van der Waals surface area contributed by atoms with E-state index in [2.05, 4.69) is 17.4 Å². The fourth-order valence-corrected chi connectivity index (χ4v) is 4.92. The number of hydrogen-bond donors (Lipinski definition) is 1. The Morgan fingerprint density at radius 3 is 2.48 bits per heavy atom. The number of nitrogens with one attached hydrogen (secondary N) is 1. The van der Waals surface area contributed by atoms with Gasteiger partial charge in [0.15, 0.2) is 0 Å². The van der Waals surface area contributed by atoms with E-state index in [-0.39, 0.29) is 17.9 Å². The van der Waals surface area contributed by atoms with E-state index >= 15 is 0 Å². The number of amides is 2. The zero-order chi connectivity index (χ0) is 18.6. The van der Waals surface area contributed by atoms with E-state index in [1.165, 1.54) is 37.7 Å². The summed E-state index contributed by atoms with van der Waals surface area (Å²) in [5.41, 5.74) is 2.16. The van der Waals surface area contributed by atoms with Crippen LogP contribution >= 0.6 is 0 Å². The van der Waals surface area contributed by atoms with Crippen LogP contribution in [0.2, 0.25) is 0 Å². The number of benzene rings is 1. The summed E-state index contributed by atoms with van der Waals surface area (Å²) in [5, 5.41) is 3.12. The van der Waals surface area contributed by atoms with Crippen LogP contribution in [0.4, 0.5) is 0 Å². The van der Waals surface area contributed by atoms with Crippen molar-refractivity contribution < 1.29 is 9.59 Å². The highest BCUT2D eigenvalue weighted by Gasteiger charge is 2.32. The lowest BCUT2D eigenvalue weighted by molar-refractivity contribution is -0.135. The van der Waals surface area contributed by atoms with Crippen molar-refractivity contribution in [3.05, 3.63) is 35.4 Å². The van der Waals surface area contributed by atoms with Crippen LogP contribution in [-0.2, 0) is 4.79 Å². The van der Waals surface area contributed by atoms with E-state index < -0.39 is 0 Å². The van der Waals surface area contributed by atoms with E-state index in [4.69, 9.17) is 0 Å². The van der Waals surface area contributed by atoms with Gasteiger partial charge in [0, 0.05) is 37.8 Å². The van der Waals surface area contributed by atoms with Crippen molar-refractivity contribution in [3.63, 3.8) is 0 Å². The summed E-state index contributed by atoms with van der Waals surface area (Å²) in [6, 6.07) is 8.49. The molecule has 0 spiro atoms. The van der Waals surface area contributed by atoms with Gasteiger partial charge in [-0.25, -0.2) is 0 Å². The summed E-state index contributed by atoms with van der Waals surface area (Å²) >= 11 is 0. The molecule has 2 aliphatic heterocycles. The van der Waals surface area contributed by atoms with Gasteiger partial charge in [0.05, 0.1) is 6.54 Å². The third-order valence-electron chi connectivity index (χ3n) is 6.48. The summed E-state index contributed by atoms with van der Waals surface area (Å²) in [5.74, 6) is 0.941. The van der Waals surface area contributed by atoms with Gasteiger partial charge in [0.1, 0.15) is 0 Å². The summed E-state index contributed by atoms with van der Waals surface area (Å²) in [6.07, 6.45) is 8.53. The Morgan fingerprint density at radius 2 is 1.74 bits per heavy atom. The molecule has 0 radical (unpaired) electrons. The SMILES string of the molecule is O=C(c1ccc(C2CCCCC2)cc1)N1CCCC(N2CCNCC2=O)C1. The predicted octanol–water partition coefficient (Wildman–Crippen LogP) is 2.77. The normalized spacial score (nSPS) is 24.9. The zero-order valence-corrected chi connectivity index (χ0v) is 16.2. The summed E-state index contributed by atoms with van der Waals surface area (Å²) in [7, 11) is 0. The van der Waals surface area contributed by atoms with Gasteiger partial charge in [-0.3, -0.25) is 9.59 Å². The van der Waals surface area contributed by atoms with Crippen molar-refractivity contribution in [1.29, 1.82) is 0 Å². The van der Waals surface area contributed by atoms with Gasteiger partial charge < -0.3 is 15.1 Å². The van der Waals surface area contributed by atoms with Gasteiger partial charge in [-0.15, -0.1) is 0 Å². The molecule has 2 heterocycles. The van der Waals surface area contributed by atoms with E-state index in [0.29, 0.717) is 19.0 Å². The number of likely N-dealkylation sites (tertiary alicyclic amines) is 1. The highest BCUT2D eigenvalue weighted by atomic mass is 16.2. The predicted molar refractivity (Wildman–Crippen MR) is 106 cm³/mol. The van der Waals surface area contributed by atoms with Gasteiger partial charge in [-0.05, 0) is 49.3 Å². The first kappa shape index (κ1) is 18.5. The first-order chi connectivity index (χ1) is 13.2. The minimum Gasteiger partial charge on any atom is -0.337 e. The molecule has 1 saturated carbocycles. The first-order valence-electron chi connectivity index (χ1n) is 10.6. The van der Waals surface area contributed by atoms with Gasteiger partial charge in [0.25, 0.3) is 5.91 Å². The van der Waals surface area contributed by atoms with E-state index in [0.717, 1.165) is 38.0 Å². The number of hydrogen-bond acceptors (Lipinski definition) is 3.